The average molecular weight is 332 g/mol. The van der Waals surface area contributed by atoms with Gasteiger partial charge in [0.2, 0.25) is 0 Å². The first kappa shape index (κ1) is 17.7. The van der Waals surface area contributed by atoms with Gasteiger partial charge in [-0.15, -0.1) is 0 Å². The van der Waals surface area contributed by atoms with Crippen molar-refractivity contribution in [3.8, 4) is 11.5 Å². The number of methoxy groups -OCH3 is 1. The maximum absolute atomic E-state index is 12.0. The molecule has 0 fully saturated rings. The van der Waals surface area contributed by atoms with E-state index in [1.165, 1.54) is 0 Å². The highest BCUT2D eigenvalue weighted by atomic mass is 16.5. The molecule has 130 valence electrons. The summed E-state index contributed by atoms with van der Waals surface area (Å²) in [6.45, 7) is 6.20. The third-order valence-electron chi connectivity index (χ3n) is 3.31. The first-order chi connectivity index (χ1) is 11.4. The van der Waals surface area contributed by atoms with Crippen LogP contribution in [0.3, 0.4) is 0 Å². The van der Waals surface area contributed by atoms with Gasteiger partial charge in [0.1, 0.15) is 0 Å². The number of aryl methyl sites for hydroxylation is 2. The third kappa shape index (κ3) is 4.65. The highest BCUT2D eigenvalue weighted by molar-refractivity contribution is 5.89. The van der Waals surface area contributed by atoms with E-state index in [4.69, 9.17) is 9.47 Å². The van der Waals surface area contributed by atoms with Gasteiger partial charge in [0.05, 0.1) is 31.1 Å². The summed E-state index contributed by atoms with van der Waals surface area (Å²) in [5.74, 6) is 1.22. The molecule has 1 heterocycles. The fraction of sp³-hybridized carbons (Fsp3) is 0.412. The molecule has 7 nitrogen and oxygen atoms in total. The van der Waals surface area contributed by atoms with Gasteiger partial charge in [-0.1, -0.05) is 0 Å². The number of aromatic nitrogens is 2. The number of nitrogens with zero attached hydrogens (tertiary/aromatic N) is 2. The fourth-order valence-electron chi connectivity index (χ4n) is 2.27. The number of nitrogens with one attached hydrogen (secondary N) is 2. The molecule has 0 saturated carbocycles. The van der Waals surface area contributed by atoms with E-state index >= 15 is 0 Å². The predicted octanol–water partition coefficient (Wildman–Crippen LogP) is 2.85. The Kier molecular flexibility index (Phi) is 5.68. The molecule has 0 radical (unpaired) electrons. The molecule has 0 aliphatic rings. The second-order valence-electron chi connectivity index (χ2n) is 5.74. The monoisotopic (exact) mass is 332 g/mol. The molecular formula is C17H24N4O3. The van der Waals surface area contributed by atoms with E-state index in [-0.39, 0.29) is 12.1 Å². The zero-order chi connectivity index (χ0) is 17.7. The van der Waals surface area contributed by atoms with Gasteiger partial charge < -0.3 is 20.1 Å². The van der Waals surface area contributed by atoms with Crippen LogP contribution in [0.2, 0.25) is 0 Å². The number of carbonyl (C=O) groups is 1. The number of carbonyl (C=O) groups excluding carboxylic acids is 1. The molecule has 0 aliphatic heterocycles. The molecule has 2 N–H and O–H groups in total. The maximum atomic E-state index is 12.0. The molecule has 1 aromatic heterocycles. The van der Waals surface area contributed by atoms with E-state index < -0.39 is 0 Å². The number of anilines is 1. The van der Waals surface area contributed by atoms with Crippen molar-refractivity contribution >= 4 is 11.7 Å². The van der Waals surface area contributed by atoms with Gasteiger partial charge in [-0.3, -0.25) is 4.68 Å². The van der Waals surface area contributed by atoms with Crippen LogP contribution in [0.15, 0.2) is 24.3 Å². The largest absolute Gasteiger partial charge is 0.493 e. The Morgan fingerprint density at radius 2 is 2.04 bits per heavy atom. The Balaban J connectivity index is 1.97. The molecule has 2 amide bonds. The zero-order valence-electron chi connectivity index (χ0n) is 14.7. The molecule has 0 atom stereocenters. The van der Waals surface area contributed by atoms with Crippen LogP contribution >= 0.6 is 0 Å². The van der Waals surface area contributed by atoms with Crippen LogP contribution in [-0.4, -0.2) is 29.0 Å². The van der Waals surface area contributed by atoms with Crippen LogP contribution in [0.4, 0.5) is 10.5 Å². The van der Waals surface area contributed by atoms with Crippen molar-refractivity contribution in [3.05, 3.63) is 35.7 Å². The summed E-state index contributed by atoms with van der Waals surface area (Å²) in [5, 5.41) is 9.82. The van der Waals surface area contributed by atoms with Gasteiger partial charge >= 0.3 is 6.03 Å². The van der Waals surface area contributed by atoms with Crippen LogP contribution in [0.25, 0.3) is 0 Å². The molecule has 0 aliphatic carbocycles. The molecule has 2 rings (SSSR count). The number of benzene rings is 1. The molecular weight excluding hydrogens is 308 g/mol. The van der Waals surface area contributed by atoms with Crippen LogP contribution < -0.4 is 20.1 Å². The van der Waals surface area contributed by atoms with Gasteiger partial charge in [0.15, 0.2) is 11.5 Å². The molecule has 0 saturated heterocycles. The molecule has 0 bridgehead atoms. The smallest absolute Gasteiger partial charge is 0.319 e. The van der Waals surface area contributed by atoms with E-state index in [9.17, 15) is 4.79 Å². The van der Waals surface area contributed by atoms with E-state index in [2.05, 4.69) is 15.7 Å². The minimum absolute atomic E-state index is 0.0448. The number of amides is 2. The molecule has 7 heteroatoms. The lowest BCUT2D eigenvalue weighted by Crippen LogP contribution is -2.29. The molecule has 1 aromatic carbocycles. The Morgan fingerprint density at radius 1 is 1.29 bits per heavy atom. The quantitative estimate of drug-likeness (QED) is 0.853. The Morgan fingerprint density at radius 3 is 2.62 bits per heavy atom. The summed E-state index contributed by atoms with van der Waals surface area (Å²) < 4.78 is 12.7. The van der Waals surface area contributed by atoms with Crippen LogP contribution in [0.5, 0.6) is 11.5 Å². The van der Waals surface area contributed by atoms with Crippen molar-refractivity contribution in [2.75, 3.05) is 12.4 Å². The Labute approximate surface area is 142 Å². The molecule has 24 heavy (non-hydrogen) atoms. The second kappa shape index (κ2) is 7.72. The van der Waals surface area contributed by atoms with E-state index in [0.29, 0.717) is 23.7 Å². The number of hydrogen-bond donors (Lipinski definition) is 2. The summed E-state index contributed by atoms with van der Waals surface area (Å²) >= 11 is 0. The first-order valence-electron chi connectivity index (χ1n) is 7.78. The molecule has 2 aromatic rings. The second-order valence-corrected chi connectivity index (χ2v) is 5.74. The van der Waals surface area contributed by atoms with Crippen molar-refractivity contribution < 1.29 is 14.3 Å². The fourth-order valence-corrected chi connectivity index (χ4v) is 2.27. The lowest BCUT2D eigenvalue weighted by molar-refractivity contribution is 0.230. The van der Waals surface area contributed by atoms with Gasteiger partial charge in [0.25, 0.3) is 0 Å². The zero-order valence-corrected chi connectivity index (χ0v) is 14.7. The number of urea groups is 1. The van der Waals surface area contributed by atoms with Crippen molar-refractivity contribution in [2.24, 2.45) is 7.05 Å². The van der Waals surface area contributed by atoms with E-state index in [1.54, 1.807) is 30.0 Å². The average Bonchev–Trinajstić information content (AvgIpc) is 2.84. The number of hydrogen-bond acceptors (Lipinski definition) is 4. The summed E-state index contributed by atoms with van der Waals surface area (Å²) in [5.41, 5.74) is 2.47. The predicted molar refractivity (Wildman–Crippen MR) is 92.6 cm³/mol. The Hall–Kier alpha value is -2.70. The van der Waals surface area contributed by atoms with Gasteiger partial charge in [-0.2, -0.15) is 5.10 Å². The minimum Gasteiger partial charge on any atom is -0.493 e. The number of rotatable bonds is 6. The van der Waals surface area contributed by atoms with E-state index in [1.807, 2.05) is 33.9 Å². The van der Waals surface area contributed by atoms with Crippen molar-refractivity contribution in [1.82, 2.24) is 15.1 Å². The maximum Gasteiger partial charge on any atom is 0.319 e. The summed E-state index contributed by atoms with van der Waals surface area (Å²) in [6.07, 6.45) is 0.0448. The lowest BCUT2D eigenvalue weighted by Gasteiger charge is -2.15. The summed E-state index contributed by atoms with van der Waals surface area (Å²) in [4.78, 5) is 12.0. The SMILES string of the molecule is COc1cc(NC(=O)NCc2cc(C)nn2C)ccc1OC(C)C. The van der Waals surface area contributed by atoms with Crippen molar-refractivity contribution in [3.63, 3.8) is 0 Å². The van der Waals surface area contributed by atoms with Crippen molar-refractivity contribution in [1.29, 1.82) is 0 Å². The molecule has 0 spiro atoms. The van der Waals surface area contributed by atoms with E-state index in [0.717, 1.165) is 11.4 Å². The topological polar surface area (TPSA) is 77.4 Å². The normalized spacial score (nSPS) is 10.6. The standard InChI is InChI=1S/C17H24N4O3/c1-11(2)24-15-7-6-13(9-16(15)23-5)19-17(22)18-10-14-8-12(3)20-21(14)4/h6-9,11H,10H2,1-5H3,(H2,18,19,22). The van der Waals surface area contributed by atoms with Gasteiger partial charge in [-0.25, -0.2) is 4.79 Å². The van der Waals surface area contributed by atoms with Crippen LogP contribution in [0.1, 0.15) is 25.2 Å². The van der Waals surface area contributed by atoms with Crippen LogP contribution in [-0.2, 0) is 13.6 Å². The lowest BCUT2D eigenvalue weighted by atomic mass is 10.2. The van der Waals surface area contributed by atoms with Gasteiger partial charge in [0, 0.05) is 18.8 Å². The van der Waals surface area contributed by atoms with Crippen molar-refractivity contribution in [2.45, 2.75) is 33.4 Å². The summed E-state index contributed by atoms with van der Waals surface area (Å²) in [6, 6.07) is 6.91. The highest BCUT2D eigenvalue weighted by Gasteiger charge is 2.10. The minimum atomic E-state index is -0.298. The first-order valence-corrected chi connectivity index (χ1v) is 7.78. The Bertz CT molecular complexity index is 710. The molecule has 0 unspecified atom stereocenters. The van der Waals surface area contributed by atoms with Gasteiger partial charge in [-0.05, 0) is 39.0 Å². The third-order valence-corrected chi connectivity index (χ3v) is 3.31. The summed E-state index contributed by atoms with van der Waals surface area (Å²) in [7, 11) is 3.41. The number of ether oxygens (including phenoxy) is 2. The highest BCUT2D eigenvalue weighted by Crippen LogP contribution is 2.30. The van der Waals surface area contributed by atoms with Crippen LogP contribution in [0, 0.1) is 6.92 Å².